The largest absolute Gasteiger partial charge is 0.493 e. The van der Waals surface area contributed by atoms with E-state index in [2.05, 4.69) is 10.6 Å². The highest BCUT2D eigenvalue weighted by atomic mass is 16.5. The summed E-state index contributed by atoms with van der Waals surface area (Å²) in [5, 5.41) is 5.71. The molecule has 124 valence electrons. The van der Waals surface area contributed by atoms with Crippen LogP contribution in [0.5, 0.6) is 5.75 Å². The topological polar surface area (TPSA) is 67.4 Å². The highest BCUT2D eigenvalue weighted by Gasteiger charge is 2.29. The van der Waals surface area contributed by atoms with Crippen LogP contribution in [0.3, 0.4) is 0 Å². The maximum Gasteiger partial charge on any atom is 0.259 e. The third kappa shape index (κ3) is 3.93. The van der Waals surface area contributed by atoms with Gasteiger partial charge >= 0.3 is 0 Å². The molecule has 3 rings (SSSR count). The Balaban J connectivity index is 1.65. The van der Waals surface area contributed by atoms with Gasteiger partial charge in [-0.3, -0.25) is 9.59 Å². The zero-order chi connectivity index (χ0) is 16.9. The smallest absolute Gasteiger partial charge is 0.259 e. The van der Waals surface area contributed by atoms with Crippen LogP contribution in [0.15, 0.2) is 48.5 Å². The number of amides is 2. The van der Waals surface area contributed by atoms with Gasteiger partial charge in [0.2, 0.25) is 5.91 Å². The van der Waals surface area contributed by atoms with E-state index in [-0.39, 0.29) is 17.7 Å². The maximum atomic E-state index is 12.4. The van der Waals surface area contributed by atoms with Gasteiger partial charge < -0.3 is 15.4 Å². The molecule has 2 N–H and O–H groups in total. The number of para-hydroxylation sites is 1. The second-order valence-corrected chi connectivity index (χ2v) is 5.72. The predicted octanol–water partition coefficient (Wildman–Crippen LogP) is 3.69. The zero-order valence-corrected chi connectivity index (χ0v) is 13.5. The van der Waals surface area contributed by atoms with Gasteiger partial charge in [-0.25, -0.2) is 0 Å². The Morgan fingerprint density at radius 1 is 1.00 bits per heavy atom. The summed E-state index contributed by atoms with van der Waals surface area (Å²) < 4.78 is 5.48. The van der Waals surface area contributed by atoms with Crippen molar-refractivity contribution in [2.45, 2.75) is 19.8 Å². The molecule has 24 heavy (non-hydrogen) atoms. The molecule has 2 amide bonds. The molecule has 0 atom stereocenters. The molecule has 5 nitrogen and oxygen atoms in total. The fraction of sp³-hybridized carbons (Fsp3) is 0.263. The molecule has 0 spiro atoms. The van der Waals surface area contributed by atoms with Crippen molar-refractivity contribution >= 4 is 23.2 Å². The lowest BCUT2D eigenvalue weighted by atomic mass is 10.2. The molecule has 1 aliphatic rings. The Labute approximate surface area is 141 Å². The number of carbonyl (C=O) groups excluding carboxylic acids is 2. The number of benzene rings is 2. The van der Waals surface area contributed by atoms with E-state index in [4.69, 9.17) is 4.74 Å². The molecule has 1 saturated carbocycles. The van der Waals surface area contributed by atoms with E-state index in [9.17, 15) is 9.59 Å². The van der Waals surface area contributed by atoms with Crippen LogP contribution in [-0.2, 0) is 4.79 Å². The summed E-state index contributed by atoms with van der Waals surface area (Å²) in [6.45, 7) is 2.38. The molecule has 0 bridgehead atoms. The molecule has 1 fully saturated rings. The van der Waals surface area contributed by atoms with Gasteiger partial charge in [0.05, 0.1) is 12.2 Å². The van der Waals surface area contributed by atoms with Crippen LogP contribution in [0.1, 0.15) is 30.1 Å². The Bertz CT molecular complexity index is 737. The highest BCUT2D eigenvalue weighted by Crippen LogP contribution is 2.30. The number of hydrogen-bond acceptors (Lipinski definition) is 3. The van der Waals surface area contributed by atoms with Crippen LogP contribution in [0.4, 0.5) is 11.4 Å². The first-order chi connectivity index (χ1) is 11.7. The van der Waals surface area contributed by atoms with Gasteiger partial charge in [-0.05, 0) is 56.2 Å². The number of ether oxygens (including phenoxy) is 1. The quantitative estimate of drug-likeness (QED) is 0.851. The summed E-state index contributed by atoms with van der Waals surface area (Å²) in [4.78, 5) is 24.1. The van der Waals surface area contributed by atoms with Crippen molar-refractivity contribution in [2.75, 3.05) is 17.2 Å². The van der Waals surface area contributed by atoms with Crippen molar-refractivity contribution in [3.8, 4) is 5.75 Å². The van der Waals surface area contributed by atoms with Crippen LogP contribution in [0.25, 0.3) is 0 Å². The van der Waals surface area contributed by atoms with Crippen LogP contribution in [0.2, 0.25) is 0 Å². The fourth-order valence-electron chi connectivity index (χ4n) is 2.36. The Morgan fingerprint density at radius 3 is 2.25 bits per heavy atom. The van der Waals surface area contributed by atoms with Gasteiger partial charge in [0.15, 0.2) is 0 Å². The first-order valence-corrected chi connectivity index (χ1v) is 8.11. The normalized spacial score (nSPS) is 13.2. The number of nitrogens with one attached hydrogen (secondary N) is 2. The third-order valence-electron chi connectivity index (χ3n) is 3.79. The average molecular weight is 324 g/mol. The van der Waals surface area contributed by atoms with Gasteiger partial charge in [-0.15, -0.1) is 0 Å². The fourth-order valence-corrected chi connectivity index (χ4v) is 2.36. The summed E-state index contributed by atoms with van der Waals surface area (Å²) in [6, 6.07) is 14.2. The summed E-state index contributed by atoms with van der Waals surface area (Å²) in [7, 11) is 0. The van der Waals surface area contributed by atoms with Gasteiger partial charge in [-0.2, -0.15) is 0 Å². The van der Waals surface area contributed by atoms with Crippen LogP contribution < -0.4 is 15.4 Å². The first-order valence-electron chi connectivity index (χ1n) is 8.11. The maximum absolute atomic E-state index is 12.4. The molecule has 1 aliphatic carbocycles. The van der Waals surface area contributed by atoms with Crippen LogP contribution in [-0.4, -0.2) is 18.4 Å². The minimum atomic E-state index is -0.228. The molecule has 0 aromatic heterocycles. The lowest BCUT2D eigenvalue weighted by molar-refractivity contribution is -0.117. The number of hydrogen-bond donors (Lipinski definition) is 2. The first kappa shape index (κ1) is 16.1. The molecular formula is C19H20N2O3. The minimum absolute atomic E-state index is 0.0671. The van der Waals surface area contributed by atoms with E-state index in [0.29, 0.717) is 23.6 Å². The summed E-state index contributed by atoms with van der Waals surface area (Å²) >= 11 is 0. The van der Waals surface area contributed by atoms with Crippen LogP contribution >= 0.6 is 0 Å². The molecule has 0 saturated heterocycles. The number of anilines is 2. The number of rotatable bonds is 6. The van der Waals surface area contributed by atoms with Crippen molar-refractivity contribution in [2.24, 2.45) is 5.92 Å². The van der Waals surface area contributed by atoms with Crippen molar-refractivity contribution < 1.29 is 14.3 Å². The summed E-state index contributed by atoms with van der Waals surface area (Å²) in [5.41, 5.74) is 1.89. The zero-order valence-electron chi connectivity index (χ0n) is 13.5. The molecule has 0 unspecified atom stereocenters. The molecule has 0 radical (unpaired) electrons. The molecule has 0 aliphatic heterocycles. The predicted molar refractivity (Wildman–Crippen MR) is 93.4 cm³/mol. The van der Waals surface area contributed by atoms with E-state index in [1.54, 1.807) is 42.5 Å². The second kappa shape index (κ2) is 7.17. The van der Waals surface area contributed by atoms with Gasteiger partial charge in [0.1, 0.15) is 5.75 Å². The lowest BCUT2D eigenvalue weighted by Crippen LogP contribution is -2.14. The van der Waals surface area contributed by atoms with Crippen molar-refractivity contribution in [1.29, 1.82) is 0 Å². The highest BCUT2D eigenvalue weighted by molar-refractivity contribution is 6.06. The van der Waals surface area contributed by atoms with Gasteiger partial charge in [0.25, 0.3) is 5.91 Å². The SMILES string of the molecule is CCOc1ccccc1C(=O)Nc1ccc(NC(=O)C2CC2)cc1. The molecule has 0 heterocycles. The summed E-state index contributed by atoms with van der Waals surface area (Å²) in [6.07, 6.45) is 1.94. The van der Waals surface area contributed by atoms with Crippen LogP contribution in [0, 0.1) is 5.92 Å². The third-order valence-corrected chi connectivity index (χ3v) is 3.79. The molecule has 5 heteroatoms. The monoisotopic (exact) mass is 324 g/mol. The molecular weight excluding hydrogens is 304 g/mol. The molecule has 2 aromatic rings. The molecule has 2 aromatic carbocycles. The Kier molecular flexibility index (Phi) is 4.79. The van der Waals surface area contributed by atoms with Crippen molar-refractivity contribution in [3.63, 3.8) is 0 Å². The Hall–Kier alpha value is -2.82. The summed E-state index contributed by atoms with van der Waals surface area (Å²) in [5.74, 6) is 0.566. The van der Waals surface area contributed by atoms with Crippen molar-refractivity contribution in [1.82, 2.24) is 0 Å². The standard InChI is InChI=1S/C19H20N2O3/c1-2-24-17-6-4-3-5-16(17)19(23)21-15-11-9-14(10-12-15)20-18(22)13-7-8-13/h3-6,9-13H,2,7-8H2,1H3,(H,20,22)(H,21,23). The van der Waals surface area contributed by atoms with E-state index in [1.807, 2.05) is 13.0 Å². The van der Waals surface area contributed by atoms with E-state index >= 15 is 0 Å². The average Bonchev–Trinajstić information content (AvgIpc) is 3.42. The van der Waals surface area contributed by atoms with E-state index in [1.165, 1.54) is 0 Å². The van der Waals surface area contributed by atoms with E-state index < -0.39 is 0 Å². The van der Waals surface area contributed by atoms with Gasteiger partial charge in [-0.1, -0.05) is 12.1 Å². The van der Waals surface area contributed by atoms with Crippen molar-refractivity contribution in [3.05, 3.63) is 54.1 Å². The second-order valence-electron chi connectivity index (χ2n) is 5.72. The Morgan fingerprint density at radius 2 is 1.62 bits per heavy atom. The van der Waals surface area contributed by atoms with E-state index in [0.717, 1.165) is 18.5 Å². The number of carbonyl (C=O) groups is 2. The lowest BCUT2D eigenvalue weighted by Gasteiger charge is -2.11. The van der Waals surface area contributed by atoms with Gasteiger partial charge in [0, 0.05) is 17.3 Å². The minimum Gasteiger partial charge on any atom is -0.493 e.